The third-order valence-corrected chi connectivity index (χ3v) is 5.90. The Hall–Kier alpha value is -3.72. The van der Waals surface area contributed by atoms with Crippen LogP contribution in [-0.4, -0.2) is 41.0 Å². The number of alkyl halides is 3. The minimum Gasteiger partial charge on any atom is -0.325 e. The highest BCUT2D eigenvalue weighted by Crippen LogP contribution is 2.46. The number of hydrogen-bond donors (Lipinski definition) is 2. The Morgan fingerprint density at radius 1 is 0.941 bits per heavy atom. The fourth-order valence-corrected chi connectivity index (χ4v) is 4.04. The lowest BCUT2D eigenvalue weighted by atomic mass is 9.85. The molecule has 34 heavy (non-hydrogen) atoms. The maximum absolute atomic E-state index is 14.2. The number of amides is 2. The Labute approximate surface area is 194 Å². The lowest BCUT2D eigenvalue weighted by Crippen LogP contribution is -2.49. The van der Waals surface area contributed by atoms with Gasteiger partial charge in [-0.1, -0.05) is 36.4 Å². The topological polar surface area (TPSA) is 74.3 Å². The van der Waals surface area contributed by atoms with E-state index in [2.05, 4.69) is 15.6 Å². The molecule has 0 spiro atoms. The third kappa shape index (κ3) is 5.09. The van der Waals surface area contributed by atoms with Gasteiger partial charge in [-0.3, -0.25) is 19.5 Å². The molecule has 0 radical (unpaired) electrons. The zero-order chi connectivity index (χ0) is 24.2. The summed E-state index contributed by atoms with van der Waals surface area (Å²) in [5.41, 5.74) is -0.800. The molecule has 3 aromatic rings. The normalized spacial score (nSPS) is 18.4. The van der Waals surface area contributed by atoms with Crippen molar-refractivity contribution in [3.05, 3.63) is 90.3 Å². The zero-order valence-corrected chi connectivity index (χ0v) is 18.2. The van der Waals surface area contributed by atoms with Crippen LogP contribution in [0.15, 0.2) is 79.1 Å². The van der Waals surface area contributed by atoms with Crippen LogP contribution in [0.2, 0.25) is 0 Å². The molecule has 6 nitrogen and oxygen atoms in total. The second kappa shape index (κ2) is 9.64. The van der Waals surface area contributed by atoms with Crippen molar-refractivity contribution >= 4 is 23.2 Å². The minimum atomic E-state index is -4.72. The molecule has 2 aromatic carbocycles. The van der Waals surface area contributed by atoms with Gasteiger partial charge in [0.2, 0.25) is 5.91 Å². The maximum atomic E-state index is 14.2. The smallest absolute Gasteiger partial charge is 0.325 e. The van der Waals surface area contributed by atoms with E-state index in [1.165, 1.54) is 36.7 Å². The van der Waals surface area contributed by atoms with Crippen LogP contribution in [0.1, 0.15) is 22.3 Å². The molecule has 0 aliphatic carbocycles. The molecule has 1 aliphatic heterocycles. The van der Waals surface area contributed by atoms with Gasteiger partial charge < -0.3 is 10.6 Å². The number of hydrogen-bond acceptors (Lipinski definition) is 4. The van der Waals surface area contributed by atoms with Crippen LogP contribution in [0.5, 0.6) is 0 Å². The fourth-order valence-electron chi connectivity index (χ4n) is 4.04. The van der Waals surface area contributed by atoms with Crippen LogP contribution in [0.3, 0.4) is 0 Å². The summed E-state index contributed by atoms with van der Waals surface area (Å²) in [7, 11) is 0. The van der Waals surface area contributed by atoms with Crippen molar-refractivity contribution in [3.63, 3.8) is 0 Å². The molecule has 2 N–H and O–H groups in total. The van der Waals surface area contributed by atoms with Crippen LogP contribution < -0.4 is 10.6 Å². The molecule has 1 unspecified atom stereocenters. The molecule has 2 amide bonds. The number of carbonyl (C=O) groups excluding carboxylic acids is 2. The highest BCUT2D eigenvalue weighted by molar-refractivity contribution is 6.05. The molecule has 4 rings (SSSR count). The van der Waals surface area contributed by atoms with E-state index in [4.69, 9.17) is 0 Å². The maximum Gasteiger partial charge on any atom is 0.404 e. The van der Waals surface area contributed by atoms with E-state index in [1.54, 1.807) is 17.0 Å². The number of likely N-dealkylation sites (tertiary alicyclic amines) is 1. The summed E-state index contributed by atoms with van der Waals surface area (Å²) in [5, 5.41) is 5.08. The molecule has 1 fully saturated rings. The first-order chi connectivity index (χ1) is 16.3. The molecule has 1 saturated heterocycles. The molecular weight excluding hydrogens is 445 g/mol. The van der Waals surface area contributed by atoms with Gasteiger partial charge in [0.15, 0.2) is 5.41 Å². The summed E-state index contributed by atoms with van der Waals surface area (Å²) in [6, 6.07) is 18.2. The predicted octanol–water partition coefficient (Wildman–Crippen LogP) is 4.73. The summed E-state index contributed by atoms with van der Waals surface area (Å²) in [5.74, 6) is -1.58. The third-order valence-electron chi connectivity index (χ3n) is 5.90. The van der Waals surface area contributed by atoms with Gasteiger partial charge in [0, 0.05) is 42.4 Å². The first kappa shape index (κ1) is 23.4. The Morgan fingerprint density at radius 2 is 1.68 bits per heavy atom. The quantitative estimate of drug-likeness (QED) is 0.549. The van der Waals surface area contributed by atoms with Gasteiger partial charge in [-0.2, -0.15) is 13.2 Å². The van der Waals surface area contributed by atoms with Crippen LogP contribution >= 0.6 is 0 Å². The minimum absolute atomic E-state index is 0.123. The highest BCUT2D eigenvalue weighted by Gasteiger charge is 2.63. The standard InChI is InChI=1S/C25H23F3N4O2/c26-25(27,28)24(11-14-32(17-24)16-18-5-2-1-3-6-18)23(34)31-21-8-4-7-19(15-21)22(33)30-20-9-12-29-13-10-20/h1-10,12-13,15H,11,14,16-17H2,(H,31,34)(H,29,30,33). The number of rotatable bonds is 6. The van der Waals surface area contributed by atoms with Gasteiger partial charge in [0.25, 0.3) is 5.91 Å². The molecule has 176 valence electrons. The number of aromatic nitrogens is 1. The van der Waals surface area contributed by atoms with E-state index in [-0.39, 0.29) is 24.2 Å². The number of benzene rings is 2. The van der Waals surface area contributed by atoms with E-state index in [0.29, 0.717) is 12.2 Å². The van der Waals surface area contributed by atoms with Crippen LogP contribution in [0.25, 0.3) is 0 Å². The molecule has 1 aromatic heterocycles. The monoisotopic (exact) mass is 468 g/mol. The average Bonchev–Trinajstić information content (AvgIpc) is 3.26. The predicted molar refractivity (Wildman–Crippen MR) is 122 cm³/mol. The largest absolute Gasteiger partial charge is 0.404 e. The zero-order valence-electron chi connectivity index (χ0n) is 18.2. The van der Waals surface area contributed by atoms with Gasteiger partial charge in [0.1, 0.15) is 0 Å². The molecule has 1 atom stereocenters. The van der Waals surface area contributed by atoms with Gasteiger partial charge in [-0.25, -0.2) is 0 Å². The molecule has 2 heterocycles. The van der Waals surface area contributed by atoms with Crippen LogP contribution in [-0.2, 0) is 11.3 Å². The Balaban J connectivity index is 1.48. The number of pyridine rings is 1. The van der Waals surface area contributed by atoms with Gasteiger partial charge in [-0.05, 0) is 48.9 Å². The Kier molecular flexibility index (Phi) is 6.65. The van der Waals surface area contributed by atoms with Crippen molar-refractivity contribution < 1.29 is 22.8 Å². The second-order valence-electron chi connectivity index (χ2n) is 8.25. The molecule has 9 heteroatoms. The lowest BCUT2D eigenvalue weighted by molar-refractivity contribution is -0.215. The summed E-state index contributed by atoms with van der Waals surface area (Å²) in [6.45, 7) is 0.0479. The Bertz CT molecular complexity index is 1160. The number of anilines is 2. The number of carbonyl (C=O) groups is 2. The van der Waals surface area contributed by atoms with E-state index in [1.807, 2.05) is 30.3 Å². The molecule has 1 aliphatic rings. The summed E-state index contributed by atoms with van der Waals surface area (Å²) in [4.78, 5) is 31.0. The lowest BCUT2D eigenvalue weighted by Gasteiger charge is -2.30. The van der Waals surface area contributed by atoms with E-state index in [0.717, 1.165) is 5.56 Å². The molecular formula is C25H23F3N4O2. The van der Waals surface area contributed by atoms with Crippen molar-refractivity contribution in [3.8, 4) is 0 Å². The van der Waals surface area contributed by atoms with Gasteiger partial charge in [-0.15, -0.1) is 0 Å². The number of nitrogens with one attached hydrogen (secondary N) is 2. The van der Waals surface area contributed by atoms with E-state index in [9.17, 15) is 22.8 Å². The van der Waals surface area contributed by atoms with Crippen molar-refractivity contribution in [2.24, 2.45) is 5.41 Å². The second-order valence-corrected chi connectivity index (χ2v) is 8.25. The van der Waals surface area contributed by atoms with Crippen molar-refractivity contribution in [2.45, 2.75) is 19.1 Å². The van der Waals surface area contributed by atoms with Crippen LogP contribution in [0.4, 0.5) is 24.5 Å². The summed E-state index contributed by atoms with van der Waals surface area (Å²) < 4.78 is 42.5. The number of nitrogens with zero attached hydrogens (tertiary/aromatic N) is 2. The summed E-state index contributed by atoms with van der Waals surface area (Å²) >= 11 is 0. The van der Waals surface area contributed by atoms with Gasteiger partial charge in [0.05, 0.1) is 0 Å². The first-order valence-electron chi connectivity index (χ1n) is 10.7. The molecule has 0 saturated carbocycles. The van der Waals surface area contributed by atoms with Crippen molar-refractivity contribution in [1.29, 1.82) is 0 Å². The van der Waals surface area contributed by atoms with Crippen molar-refractivity contribution in [2.75, 3.05) is 23.7 Å². The Morgan fingerprint density at radius 3 is 2.38 bits per heavy atom. The number of halogens is 3. The summed E-state index contributed by atoms with van der Waals surface area (Å²) in [6.07, 6.45) is -2.02. The first-order valence-corrected chi connectivity index (χ1v) is 10.7. The van der Waals surface area contributed by atoms with Gasteiger partial charge >= 0.3 is 6.18 Å². The van der Waals surface area contributed by atoms with E-state index < -0.39 is 30.0 Å². The fraction of sp³-hybridized carbons (Fsp3) is 0.240. The van der Waals surface area contributed by atoms with Crippen molar-refractivity contribution in [1.82, 2.24) is 9.88 Å². The van der Waals surface area contributed by atoms with Crippen LogP contribution in [0, 0.1) is 5.41 Å². The average molecular weight is 468 g/mol. The SMILES string of the molecule is O=C(Nc1ccncc1)c1cccc(NC(=O)C2(C(F)(F)F)CCN(Cc3ccccc3)C2)c1. The molecule has 0 bridgehead atoms. The highest BCUT2D eigenvalue weighted by atomic mass is 19.4. The van der Waals surface area contributed by atoms with E-state index >= 15 is 0 Å².